The SMILES string of the molecule is CCNC(c1oc2ccc(F)cc2c1C)C1CCOCC1. The number of nitrogens with one attached hydrogen (secondary N) is 1. The van der Waals surface area contributed by atoms with Gasteiger partial charge < -0.3 is 14.5 Å². The van der Waals surface area contributed by atoms with E-state index in [4.69, 9.17) is 9.15 Å². The van der Waals surface area contributed by atoms with Gasteiger partial charge in [0, 0.05) is 24.2 Å². The summed E-state index contributed by atoms with van der Waals surface area (Å²) in [6.45, 7) is 6.61. The minimum absolute atomic E-state index is 0.175. The van der Waals surface area contributed by atoms with Gasteiger partial charge in [-0.15, -0.1) is 0 Å². The van der Waals surface area contributed by atoms with Crippen molar-refractivity contribution in [2.24, 2.45) is 5.92 Å². The van der Waals surface area contributed by atoms with Gasteiger partial charge in [-0.2, -0.15) is 0 Å². The highest BCUT2D eigenvalue weighted by molar-refractivity contribution is 5.82. The van der Waals surface area contributed by atoms with Gasteiger partial charge in [0.05, 0.1) is 6.04 Å². The van der Waals surface area contributed by atoms with E-state index >= 15 is 0 Å². The molecule has 0 aliphatic carbocycles. The number of rotatable bonds is 4. The normalized spacial score (nSPS) is 18.2. The van der Waals surface area contributed by atoms with Crippen LogP contribution in [0.15, 0.2) is 22.6 Å². The van der Waals surface area contributed by atoms with Crippen LogP contribution < -0.4 is 5.32 Å². The second kappa shape index (κ2) is 6.16. The van der Waals surface area contributed by atoms with Crippen molar-refractivity contribution in [3.05, 3.63) is 35.3 Å². The second-order valence-corrected chi connectivity index (χ2v) is 5.72. The number of ether oxygens (including phenoxy) is 1. The Morgan fingerprint density at radius 1 is 1.33 bits per heavy atom. The van der Waals surface area contributed by atoms with Gasteiger partial charge in [0.15, 0.2) is 0 Å². The summed E-state index contributed by atoms with van der Waals surface area (Å²) >= 11 is 0. The third-order valence-corrected chi connectivity index (χ3v) is 4.38. The lowest BCUT2D eigenvalue weighted by Gasteiger charge is -2.30. The van der Waals surface area contributed by atoms with Gasteiger partial charge in [-0.1, -0.05) is 6.92 Å². The number of furan rings is 1. The van der Waals surface area contributed by atoms with Crippen LogP contribution in [0.2, 0.25) is 0 Å². The van der Waals surface area contributed by atoms with Crippen LogP contribution in [0.5, 0.6) is 0 Å². The van der Waals surface area contributed by atoms with E-state index in [9.17, 15) is 4.39 Å². The zero-order chi connectivity index (χ0) is 14.8. The number of aryl methyl sites for hydroxylation is 1. The van der Waals surface area contributed by atoms with Crippen LogP contribution in [0.25, 0.3) is 11.0 Å². The van der Waals surface area contributed by atoms with Crippen LogP contribution in [0.3, 0.4) is 0 Å². The van der Waals surface area contributed by atoms with Crippen LogP contribution in [-0.4, -0.2) is 19.8 Å². The van der Waals surface area contributed by atoms with E-state index in [2.05, 4.69) is 12.2 Å². The lowest BCUT2D eigenvalue weighted by Crippen LogP contribution is -2.32. The molecular weight excluding hydrogens is 269 g/mol. The molecule has 1 atom stereocenters. The van der Waals surface area contributed by atoms with E-state index in [0.29, 0.717) is 5.92 Å². The van der Waals surface area contributed by atoms with Crippen molar-refractivity contribution in [3.63, 3.8) is 0 Å². The zero-order valence-electron chi connectivity index (χ0n) is 12.6. The molecule has 1 N–H and O–H groups in total. The molecule has 1 aromatic heterocycles. The summed E-state index contributed by atoms with van der Waals surface area (Å²) in [5.74, 6) is 1.23. The third kappa shape index (κ3) is 2.83. The predicted molar refractivity (Wildman–Crippen MR) is 80.9 cm³/mol. The highest BCUT2D eigenvalue weighted by Gasteiger charge is 2.29. The summed E-state index contributed by atoms with van der Waals surface area (Å²) in [5.41, 5.74) is 1.81. The molecule has 3 nitrogen and oxygen atoms in total. The molecule has 0 amide bonds. The monoisotopic (exact) mass is 291 g/mol. The molecule has 2 aromatic rings. The maximum atomic E-state index is 13.5. The fourth-order valence-electron chi connectivity index (χ4n) is 3.25. The maximum absolute atomic E-state index is 13.5. The minimum atomic E-state index is -0.219. The summed E-state index contributed by atoms with van der Waals surface area (Å²) < 4.78 is 25.0. The van der Waals surface area contributed by atoms with Crippen molar-refractivity contribution in [1.82, 2.24) is 5.32 Å². The minimum Gasteiger partial charge on any atom is -0.459 e. The number of benzene rings is 1. The van der Waals surface area contributed by atoms with Gasteiger partial charge in [0.1, 0.15) is 17.2 Å². The molecule has 3 rings (SSSR count). The van der Waals surface area contributed by atoms with Gasteiger partial charge in [-0.25, -0.2) is 4.39 Å². The number of halogens is 1. The van der Waals surface area contributed by atoms with E-state index in [0.717, 1.165) is 54.9 Å². The van der Waals surface area contributed by atoms with Crippen LogP contribution in [0.1, 0.15) is 37.1 Å². The Morgan fingerprint density at radius 3 is 2.81 bits per heavy atom. The standard InChI is InChI=1S/C17H22FNO2/c1-3-19-16(12-6-8-20-9-7-12)17-11(2)14-10-13(18)4-5-15(14)21-17/h4-5,10,12,16,19H,3,6-9H2,1-2H3. The fourth-order valence-corrected chi connectivity index (χ4v) is 3.25. The zero-order valence-corrected chi connectivity index (χ0v) is 12.6. The smallest absolute Gasteiger partial charge is 0.134 e. The van der Waals surface area contributed by atoms with Crippen LogP contribution in [0, 0.1) is 18.7 Å². The van der Waals surface area contributed by atoms with Crippen molar-refractivity contribution in [2.45, 2.75) is 32.7 Å². The van der Waals surface area contributed by atoms with E-state index < -0.39 is 0 Å². The Hall–Kier alpha value is -1.39. The van der Waals surface area contributed by atoms with Gasteiger partial charge >= 0.3 is 0 Å². The van der Waals surface area contributed by atoms with Crippen LogP contribution in [-0.2, 0) is 4.74 Å². The molecule has 1 saturated heterocycles. The van der Waals surface area contributed by atoms with Gasteiger partial charge in [-0.05, 0) is 50.4 Å². The van der Waals surface area contributed by atoms with E-state index in [1.807, 2.05) is 6.92 Å². The molecule has 0 bridgehead atoms. The average Bonchev–Trinajstić information content (AvgIpc) is 2.82. The molecular formula is C17H22FNO2. The van der Waals surface area contributed by atoms with E-state index in [1.165, 1.54) is 6.07 Å². The summed E-state index contributed by atoms with van der Waals surface area (Å²) in [6, 6.07) is 4.90. The first-order valence-corrected chi connectivity index (χ1v) is 7.70. The predicted octanol–water partition coefficient (Wildman–Crippen LogP) is 3.96. The lowest BCUT2D eigenvalue weighted by molar-refractivity contribution is 0.0510. The lowest BCUT2D eigenvalue weighted by atomic mass is 9.88. The highest BCUT2D eigenvalue weighted by atomic mass is 19.1. The van der Waals surface area contributed by atoms with Crippen LogP contribution in [0.4, 0.5) is 4.39 Å². The third-order valence-electron chi connectivity index (χ3n) is 4.38. The van der Waals surface area contributed by atoms with Crippen molar-refractivity contribution in [2.75, 3.05) is 19.8 Å². The molecule has 114 valence electrons. The van der Waals surface area contributed by atoms with E-state index in [1.54, 1.807) is 12.1 Å². The summed E-state index contributed by atoms with van der Waals surface area (Å²) in [6.07, 6.45) is 2.06. The van der Waals surface area contributed by atoms with Gasteiger partial charge in [-0.3, -0.25) is 0 Å². The first-order valence-electron chi connectivity index (χ1n) is 7.70. The molecule has 1 fully saturated rings. The Morgan fingerprint density at radius 2 is 2.10 bits per heavy atom. The number of hydrogen-bond acceptors (Lipinski definition) is 3. The first-order chi connectivity index (χ1) is 10.2. The Kier molecular flexibility index (Phi) is 4.27. The fraction of sp³-hybridized carbons (Fsp3) is 0.529. The van der Waals surface area contributed by atoms with Crippen molar-refractivity contribution >= 4 is 11.0 Å². The molecule has 2 heterocycles. The van der Waals surface area contributed by atoms with Crippen molar-refractivity contribution in [1.29, 1.82) is 0 Å². The first kappa shape index (κ1) is 14.5. The molecule has 0 radical (unpaired) electrons. The molecule has 1 aliphatic rings. The van der Waals surface area contributed by atoms with Gasteiger partial charge in [0.25, 0.3) is 0 Å². The molecule has 1 aliphatic heterocycles. The van der Waals surface area contributed by atoms with Gasteiger partial charge in [0.2, 0.25) is 0 Å². The Labute approximate surface area is 124 Å². The largest absolute Gasteiger partial charge is 0.459 e. The highest BCUT2D eigenvalue weighted by Crippen LogP contribution is 2.36. The summed E-state index contributed by atoms with van der Waals surface area (Å²) in [4.78, 5) is 0. The number of hydrogen-bond donors (Lipinski definition) is 1. The topological polar surface area (TPSA) is 34.4 Å². The summed E-state index contributed by atoms with van der Waals surface area (Å²) in [7, 11) is 0. The quantitative estimate of drug-likeness (QED) is 0.926. The van der Waals surface area contributed by atoms with Crippen LogP contribution >= 0.6 is 0 Å². The maximum Gasteiger partial charge on any atom is 0.134 e. The second-order valence-electron chi connectivity index (χ2n) is 5.72. The molecule has 21 heavy (non-hydrogen) atoms. The van der Waals surface area contributed by atoms with E-state index in [-0.39, 0.29) is 11.9 Å². The average molecular weight is 291 g/mol. The molecule has 0 spiro atoms. The molecule has 0 saturated carbocycles. The molecule has 1 unspecified atom stereocenters. The van der Waals surface area contributed by atoms with Crippen molar-refractivity contribution < 1.29 is 13.5 Å². The van der Waals surface area contributed by atoms with Crippen molar-refractivity contribution in [3.8, 4) is 0 Å². The molecule has 4 heteroatoms. The number of fused-ring (bicyclic) bond motifs is 1. The summed E-state index contributed by atoms with van der Waals surface area (Å²) in [5, 5.41) is 4.42. The molecule has 1 aromatic carbocycles. The Bertz CT molecular complexity index is 617. The Balaban J connectivity index is 2.00.